The van der Waals surface area contributed by atoms with Gasteiger partial charge in [0.2, 0.25) is 0 Å². The van der Waals surface area contributed by atoms with Crippen molar-refractivity contribution in [1.82, 2.24) is 0 Å². The molecule has 0 aliphatic carbocycles. The highest BCUT2D eigenvalue weighted by Crippen LogP contribution is 2.21. The molecular weight excluding hydrogens is 246 g/mol. The molecule has 2 aromatic rings. The second-order valence-corrected chi connectivity index (χ2v) is 3.90. The summed E-state index contributed by atoms with van der Waals surface area (Å²) in [7, 11) is 0. The summed E-state index contributed by atoms with van der Waals surface area (Å²) in [4.78, 5) is 0. The predicted molar refractivity (Wildman–Crippen MR) is 62.1 cm³/mol. The van der Waals surface area contributed by atoms with E-state index in [4.69, 9.17) is 16.3 Å². The molecular formula is C13H9ClF2O. The molecule has 88 valence electrons. The van der Waals surface area contributed by atoms with Crippen molar-refractivity contribution < 1.29 is 13.5 Å². The molecule has 2 rings (SSSR count). The van der Waals surface area contributed by atoms with Gasteiger partial charge in [0.1, 0.15) is 24.0 Å². The summed E-state index contributed by atoms with van der Waals surface area (Å²) in [6.07, 6.45) is 0. The van der Waals surface area contributed by atoms with Crippen molar-refractivity contribution in [2.24, 2.45) is 0 Å². The van der Waals surface area contributed by atoms with Gasteiger partial charge in [-0.3, -0.25) is 0 Å². The molecule has 0 bridgehead atoms. The molecule has 0 N–H and O–H groups in total. The van der Waals surface area contributed by atoms with E-state index in [-0.39, 0.29) is 17.4 Å². The van der Waals surface area contributed by atoms with Crippen molar-refractivity contribution in [3.63, 3.8) is 0 Å². The minimum atomic E-state index is -0.525. The maximum Gasteiger partial charge on any atom is 0.145 e. The van der Waals surface area contributed by atoms with E-state index in [2.05, 4.69) is 0 Å². The monoisotopic (exact) mass is 254 g/mol. The third-order valence-corrected chi connectivity index (χ3v) is 2.52. The summed E-state index contributed by atoms with van der Waals surface area (Å²) in [5, 5.41) is 0.0548. The van der Waals surface area contributed by atoms with Crippen molar-refractivity contribution in [1.29, 1.82) is 0 Å². The maximum absolute atomic E-state index is 13.1. The Kier molecular flexibility index (Phi) is 3.59. The van der Waals surface area contributed by atoms with Crippen molar-refractivity contribution in [3.05, 3.63) is 64.7 Å². The molecule has 0 saturated heterocycles. The van der Waals surface area contributed by atoms with Crippen LogP contribution < -0.4 is 4.74 Å². The Bertz CT molecular complexity index is 511. The van der Waals surface area contributed by atoms with E-state index in [1.54, 1.807) is 18.2 Å². The topological polar surface area (TPSA) is 9.23 Å². The van der Waals surface area contributed by atoms with Gasteiger partial charge in [0.05, 0.1) is 5.02 Å². The van der Waals surface area contributed by atoms with Crippen LogP contribution in [-0.2, 0) is 6.61 Å². The maximum atomic E-state index is 13.1. The van der Waals surface area contributed by atoms with Crippen LogP contribution in [0.4, 0.5) is 8.78 Å². The molecule has 0 fully saturated rings. The smallest absolute Gasteiger partial charge is 0.145 e. The van der Waals surface area contributed by atoms with Crippen LogP contribution >= 0.6 is 11.6 Å². The highest BCUT2D eigenvalue weighted by Gasteiger charge is 2.02. The number of benzene rings is 2. The van der Waals surface area contributed by atoms with E-state index in [1.165, 1.54) is 24.3 Å². The lowest BCUT2D eigenvalue weighted by Gasteiger charge is -2.06. The molecule has 0 unspecified atom stereocenters. The Morgan fingerprint density at radius 1 is 1.00 bits per heavy atom. The fourth-order valence-electron chi connectivity index (χ4n) is 1.31. The fraction of sp³-hybridized carbons (Fsp3) is 0.0769. The summed E-state index contributed by atoms with van der Waals surface area (Å²) in [6.45, 7) is 0.251. The van der Waals surface area contributed by atoms with Gasteiger partial charge in [-0.25, -0.2) is 8.78 Å². The average molecular weight is 255 g/mol. The first-order valence-corrected chi connectivity index (χ1v) is 5.35. The van der Waals surface area contributed by atoms with Crippen LogP contribution in [0.25, 0.3) is 0 Å². The lowest BCUT2D eigenvalue weighted by Crippen LogP contribution is -1.95. The van der Waals surface area contributed by atoms with Gasteiger partial charge in [0, 0.05) is 6.07 Å². The molecule has 0 aromatic heterocycles. The summed E-state index contributed by atoms with van der Waals surface area (Å²) >= 11 is 5.54. The molecule has 0 aliphatic rings. The van der Waals surface area contributed by atoms with Gasteiger partial charge in [-0.15, -0.1) is 0 Å². The first-order valence-electron chi connectivity index (χ1n) is 4.97. The number of hydrogen-bond donors (Lipinski definition) is 0. The van der Waals surface area contributed by atoms with Crippen LogP contribution in [0.5, 0.6) is 5.75 Å². The third-order valence-electron chi connectivity index (χ3n) is 2.21. The van der Waals surface area contributed by atoms with Crippen molar-refractivity contribution in [2.45, 2.75) is 6.61 Å². The molecule has 0 aliphatic heterocycles. The highest BCUT2D eigenvalue weighted by atomic mass is 35.5. The van der Waals surface area contributed by atoms with Crippen LogP contribution in [-0.4, -0.2) is 0 Å². The van der Waals surface area contributed by atoms with E-state index in [9.17, 15) is 8.78 Å². The van der Waals surface area contributed by atoms with Crippen LogP contribution in [0.1, 0.15) is 5.56 Å². The van der Waals surface area contributed by atoms with E-state index < -0.39 is 5.82 Å². The third kappa shape index (κ3) is 3.17. The number of halogens is 3. The highest BCUT2D eigenvalue weighted by molar-refractivity contribution is 6.30. The normalized spacial score (nSPS) is 10.3. The van der Waals surface area contributed by atoms with Crippen LogP contribution in [0.2, 0.25) is 5.02 Å². The second-order valence-electron chi connectivity index (χ2n) is 3.49. The molecule has 0 spiro atoms. The zero-order valence-electron chi connectivity index (χ0n) is 8.79. The van der Waals surface area contributed by atoms with Gasteiger partial charge in [-0.2, -0.15) is 0 Å². The molecule has 0 atom stereocenters. The summed E-state index contributed by atoms with van der Waals surface area (Å²) in [5.74, 6) is -0.439. The Morgan fingerprint density at radius 2 is 1.71 bits per heavy atom. The van der Waals surface area contributed by atoms with Crippen molar-refractivity contribution in [2.75, 3.05) is 0 Å². The van der Waals surface area contributed by atoms with E-state index in [0.717, 1.165) is 5.56 Å². The SMILES string of the molecule is Fc1ccc(COc2ccc(Cl)c(F)c2)cc1. The molecule has 17 heavy (non-hydrogen) atoms. The number of hydrogen-bond acceptors (Lipinski definition) is 1. The van der Waals surface area contributed by atoms with Gasteiger partial charge in [-0.05, 0) is 29.8 Å². The largest absolute Gasteiger partial charge is 0.489 e. The summed E-state index contributed by atoms with van der Waals surface area (Å²) in [5.41, 5.74) is 0.807. The van der Waals surface area contributed by atoms with Gasteiger partial charge in [-0.1, -0.05) is 23.7 Å². The van der Waals surface area contributed by atoms with Crippen LogP contribution in [0, 0.1) is 11.6 Å². The molecule has 0 radical (unpaired) electrons. The quantitative estimate of drug-likeness (QED) is 0.798. The number of ether oxygens (including phenoxy) is 1. The van der Waals surface area contributed by atoms with E-state index in [0.29, 0.717) is 5.75 Å². The zero-order valence-corrected chi connectivity index (χ0v) is 9.55. The molecule has 0 amide bonds. The molecule has 2 aromatic carbocycles. The number of rotatable bonds is 3. The minimum Gasteiger partial charge on any atom is -0.489 e. The fourth-order valence-corrected chi connectivity index (χ4v) is 1.43. The van der Waals surface area contributed by atoms with E-state index in [1.807, 2.05) is 0 Å². The van der Waals surface area contributed by atoms with Gasteiger partial charge >= 0.3 is 0 Å². The molecule has 1 nitrogen and oxygen atoms in total. The van der Waals surface area contributed by atoms with Gasteiger partial charge in [0.15, 0.2) is 0 Å². The van der Waals surface area contributed by atoms with E-state index >= 15 is 0 Å². The zero-order chi connectivity index (χ0) is 12.3. The lowest BCUT2D eigenvalue weighted by molar-refractivity contribution is 0.304. The van der Waals surface area contributed by atoms with Crippen molar-refractivity contribution >= 4 is 11.6 Å². The molecule has 4 heteroatoms. The predicted octanol–water partition coefficient (Wildman–Crippen LogP) is 4.20. The van der Waals surface area contributed by atoms with Crippen LogP contribution in [0.3, 0.4) is 0 Å². The Hall–Kier alpha value is -1.61. The van der Waals surface area contributed by atoms with Crippen molar-refractivity contribution in [3.8, 4) is 5.75 Å². The molecule has 0 heterocycles. The molecule has 0 saturated carbocycles. The average Bonchev–Trinajstić information content (AvgIpc) is 2.33. The Morgan fingerprint density at radius 3 is 2.35 bits per heavy atom. The second kappa shape index (κ2) is 5.15. The Labute approximate surface area is 103 Å². The summed E-state index contributed by atoms with van der Waals surface area (Å²) < 4.78 is 31.1. The minimum absolute atomic E-state index is 0.0548. The van der Waals surface area contributed by atoms with Gasteiger partial charge < -0.3 is 4.74 Å². The Balaban J connectivity index is 2.02. The first kappa shape index (κ1) is 11.9. The van der Waals surface area contributed by atoms with Crippen LogP contribution in [0.15, 0.2) is 42.5 Å². The summed E-state index contributed by atoms with van der Waals surface area (Å²) in [6, 6.07) is 10.1. The van der Waals surface area contributed by atoms with Gasteiger partial charge in [0.25, 0.3) is 0 Å². The first-order chi connectivity index (χ1) is 8.15. The lowest BCUT2D eigenvalue weighted by atomic mass is 10.2. The standard InChI is InChI=1S/C13H9ClF2O/c14-12-6-5-11(7-13(12)16)17-8-9-1-3-10(15)4-2-9/h1-7H,8H2.